The van der Waals surface area contributed by atoms with Crippen molar-refractivity contribution in [1.29, 1.82) is 0 Å². The molecule has 1 aliphatic heterocycles. The number of imidazole rings is 1. The Labute approximate surface area is 138 Å². The van der Waals surface area contributed by atoms with Gasteiger partial charge in [-0.05, 0) is 62.2 Å². The molecule has 5 nitrogen and oxygen atoms in total. The quantitative estimate of drug-likeness (QED) is 0.883. The van der Waals surface area contributed by atoms with Crippen molar-refractivity contribution in [1.82, 2.24) is 9.38 Å². The van der Waals surface area contributed by atoms with E-state index in [4.69, 9.17) is 4.74 Å². The lowest BCUT2D eigenvalue weighted by molar-refractivity contribution is -0.126. The van der Waals surface area contributed by atoms with E-state index in [0.717, 1.165) is 10.1 Å². The summed E-state index contributed by atoms with van der Waals surface area (Å²) in [6.45, 7) is 7.97. The van der Waals surface area contributed by atoms with Crippen LogP contribution in [0.4, 0.5) is 5.82 Å². The molecular weight excluding hydrogens is 346 g/mol. The summed E-state index contributed by atoms with van der Waals surface area (Å²) in [5, 5.41) is 2.92. The second-order valence-corrected chi connectivity index (χ2v) is 7.87. The molecule has 6 heteroatoms. The number of anilines is 1. The number of hydrogen-bond donors (Lipinski definition) is 1. The Kier molecular flexibility index (Phi) is 3.57. The number of ether oxygens (including phenoxy) is 1. The lowest BCUT2D eigenvalue weighted by Gasteiger charge is -2.26. The topological polar surface area (TPSA) is 55.6 Å². The number of halogens is 1. The Morgan fingerprint density at radius 3 is 2.73 bits per heavy atom. The SMILES string of the molecule is CC1(C)CC(C(=O)Nc2cn3cc(Br)ccc3n2)C(C)(C)O1. The molecule has 0 aliphatic carbocycles. The molecule has 1 amide bonds. The molecule has 0 radical (unpaired) electrons. The first kappa shape index (κ1) is 15.5. The van der Waals surface area contributed by atoms with Gasteiger partial charge in [0, 0.05) is 10.7 Å². The van der Waals surface area contributed by atoms with Crippen LogP contribution in [0.2, 0.25) is 0 Å². The molecular formula is C16H20BrN3O2. The van der Waals surface area contributed by atoms with Crippen LogP contribution in [-0.4, -0.2) is 26.5 Å². The molecule has 0 saturated carbocycles. The van der Waals surface area contributed by atoms with Crippen molar-refractivity contribution in [2.75, 3.05) is 5.32 Å². The average Bonchev–Trinajstić information content (AvgIpc) is 2.85. The third-order valence-electron chi connectivity index (χ3n) is 4.06. The zero-order valence-electron chi connectivity index (χ0n) is 13.2. The van der Waals surface area contributed by atoms with Gasteiger partial charge in [0.15, 0.2) is 5.82 Å². The summed E-state index contributed by atoms with van der Waals surface area (Å²) in [4.78, 5) is 17.0. The average molecular weight is 366 g/mol. The summed E-state index contributed by atoms with van der Waals surface area (Å²) < 4.78 is 8.83. The van der Waals surface area contributed by atoms with Crippen LogP contribution in [-0.2, 0) is 9.53 Å². The zero-order chi connectivity index (χ0) is 16.1. The van der Waals surface area contributed by atoms with Gasteiger partial charge in [-0.25, -0.2) is 4.98 Å². The van der Waals surface area contributed by atoms with Crippen LogP contribution < -0.4 is 5.32 Å². The summed E-state index contributed by atoms with van der Waals surface area (Å²) in [6, 6.07) is 3.82. The zero-order valence-corrected chi connectivity index (χ0v) is 14.8. The van der Waals surface area contributed by atoms with Gasteiger partial charge >= 0.3 is 0 Å². The van der Waals surface area contributed by atoms with Crippen molar-refractivity contribution in [3.63, 3.8) is 0 Å². The molecule has 1 N–H and O–H groups in total. The Morgan fingerprint density at radius 1 is 1.36 bits per heavy atom. The van der Waals surface area contributed by atoms with E-state index in [1.165, 1.54) is 0 Å². The van der Waals surface area contributed by atoms with Crippen LogP contribution >= 0.6 is 15.9 Å². The van der Waals surface area contributed by atoms with Gasteiger partial charge in [0.05, 0.1) is 23.3 Å². The van der Waals surface area contributed by atoms with E-state index in [0.29, 0.717) is 12.2 Å². The molecule has 118 valence electrons. The predicted octanol–water partition coefficient (Wildman–Crippen LogP) is 3.63. The normalized spacial score (nSPS) is 22.9. The van der Waals surface area contributed by atoms with Gasteiger partial charge < -0.3 is 14.5 Å². The summed E-state index contributed by atoms with van der Waals surface area (Å²) >= 11 is 3.42. The van der Waals surface area contributed by atoms with E-state index in [9.17, 15) is 4.79 Å². The molecule has 1 fully saturated rings. The Balaban J connectivity index is 1.81. The molecule has 1 saturated heterocycles. The van der Waals surface area contributed by atoms with Crippen molar-refractivity contribution in [2.45, 2.75) is 45.3 Å². The molecule has 0 spiro atoms. The first-order chi connectivity index (χ1) is 10.2. The highest BCUT2D eigenvalue weighted by Crippen LogP contribution is 2.42. The Hall–Kier alpha value is -1.40. The van der Waals surface area contributed by atoms with Crippen LogP contribution in [0.15, 0.2) is 29.0 Å². The molecule has 0 bridgehead atoms. The number of carbonyl (C=O) groups excluding carboxylic acids is 1. The summed E-state index contributed by atoms with van der Waals surface area (Å²) in [7, 11) is 0. The van der Waals surface area contributed by atoms with Crippen molar-refractivity contribution < 1.29 is 9.53 Å². The number of nitrogens with one attached hydrogen (secondary N) is 1. The fourth-order valence-electron chi connectivity index (χ4n) is 3.21. The van der Waals surface area contributed by atoms with Gasteiger partial charge in [0.2, 0.25) is 5.91 Å². The first-order valence-corrected chi connectivity index (χ1v) is 8.11. The highest BCUT2D eigenvalue weighted by Gasteiger charge is 2.49. The van der Waals surface area contributed by atoms with Gasteiger partial charge in [-0.2, -0.15) is 0 Å². The largest absolute Gasteiger partial charge is 0.369 e. The van der Waals surface area contributed by atoms with E-state index in [2.05, 4.69) is 26.2 Å². The van der Waals surface area contributed by atoms with Crippen LogP contribution in [0.5, 0.6) is 0 Å². The molecule has 0 aromatic carbocycles. The molecule has 22 heavy (non-hydrogen) atoms. The van der Waals surface area contributed by atoms with Crippen molar-refractivity contribution in [2.24, 2.45) is 5.92 Å². The maximum absolute atomic E-state index is 12.6. The van der Waals surface area contributed by atoms with E-state index >= 15 is 0 Å². The molecule has 3 rings (SSSR count). The number of pyridine rings is 1. The Bertz CT molecular complexity index is 736. The number of aromatic nitrogens is 2. The molecule has 1 aliphatic rings. The minimum atomic E-state index is -0.476. The third-order valence-corrected chi connectivity index (χ3v) is 4.53. The molecule has 3 heterocycles. The summed E-state index contributed by atoms with van der Waals surface area (Å²) in [6.07, 6.45) is 4.42. The van der Waals surface area contributed by atoms with Gasteiger partial charge in [-0.1, -0.05) is 0 Å². The van der Waals surface area contributed by atoms with Gasteiger partial charge in [0.1, 0.15) is 5.65 Å². The van der Waals surface area contributed by atoms with Crippen molar-refractivity contribution >= 4 is 33.3 Å². The summed E-state index contributed by atoms with van der Waals surface area (Å²) in [5.41, 5.74) is 0.0335. The highest BCUT2D eigenvalue weighted by molar-refractivity contribution is 9.10. The van der Waals surface area contributed by atoms with Crippen molar-refractivity contribution in [3.05, 3.63) is 29.0 Å². The van der Waals surface area contributed by atoms with Crippen LogP contribution in [0, 0.1) is 5.92 Å². The number of nitrogens with zero attached hydrogens (tertiary/aromatic N) is 2. The van der Waals surface area contributed by atoms with Crippen LogP contribution in [0.3, 0.4) is 0 Å². The number of carbonyl (C=O) groups is 1. The number of fused-ring (bicyclic) bond motifs is 1. The minimum Gasteiger partial charge on any atom is -0.369 e. The third kappa shape index (κ3) is 2.90. The second-order valence-electron chi connectivity index (χ2n) is 6.95. The lowest BCUT2D eigenvalue weighted by Crippen LogP contribution is -2.36. The fraction of sp³-hybridized carbons (Fsp3) is 0.500. The molecule has 2 aromatic heterocycles. The smallest absolute Gasteiger partial charge is 0.231 e. The standard InChI is InChI=1S/C16H20BrN3O2/c1-15(2)7-11(16(3,4)22-15)14(21)19-12-9-20-8-10(17)5-6-13(20)18-12/h5-6,8-9,11H,7H2,1-4H3,(H,19,21). The van der Waals surface area contributed by atoms with Gasteiger partial charge in [-0.3, -0.25) is 4.79 Å². The second kappa shape index (κ2) is 5.06. The lowest BCUT2D eigenvalue weighted by atomic mass is 9.86. The predicted molar refractivity (Wildman–Crippen MR) is 88.9 cm³/mol. The number of amides is 1. The van der Waals surface area contributed by atoms with Gasteiger partial charge in [0.25, 0.3) is 0 Å². The number of hydrogen-bond acceptors (Lipinski definition) is 3. The highest BCUT2D eigenvalue weighted by atomic mass is 79.9. The van der Waals surface area contributed by atoms with E-state index in [1.54, 1.807) is 0 Å². The first-order valence-electron chi connectivity index (χ1n) is 7.32. The maximum atomic E-state index is 12.6. The summed E-state index contributed by atoms with van der Waals surface area (Å²) in [5.74, 6) is 0.320. The van der Waals surface area contributed by atoms with Crippen LogP contribution in [0.25, 0.3) is 5.65 Å². The fourth-order valence-corrected chi connectivity index (χ4v) is 3.56. The maximum Gasteiger partial charge on any atom is 0.231 e. The van der Waals surface area contributed by atoms with E-state index in [-0.39, 0.29) is 17.4 Å². The molecule has 1 unspecified atom stereocenters. The molecule has 1 atom stereocenters. The Morgan fingerprint density at radius 2 is 2.09 bits per heavy atom. The van der Waals surface area contributed by atoms with E-state index < -0.39 is 5.60 Å². The minimum absolute atomic E-state index is 0.0435. The molecule has 2 aromatic rings. The van der Waals surface area contributed by atoms with Crippen molar-refractivity contribution in [3.8, 4) is 0 Å². The number of rotatable bonds is 2. The van der Waals surface area contributed by atoms with E-state index in [1.807, 2.05) is 56.6 Å². The van der Waals surface area contributed by atoms with Gasteiger partial charge in [-0.15, -0.1) is 0 Å². The monoisotopic (exact) mass is 365 g/mol. The van der Waals surface area contributed by atoms with Crippen LogP contribution in [0.1, 0.15) is 34.1 Å².